The van der Waals surface area contributed by atoms with E-state index in [2.05, 4.69) is 15.9 Å². The number of piperidine rings is 1. The zero-order valence-corrected chi connectivity index (χ0v) is 17.5. The molecule has 154 valence electrons. The standard InChI is InChI=1S/C22H23BrFNO4/c23-18-3-6-20(17(12-18)13-22(27)28)29-14-21(26)25-9-7-16(8-10-25)11-15-1-4-19(24)5-2-15/h1-6,12,16H,7-11,13-14H2,(H,27,28). The van der Waals surface area contributed by atoms with Gasteiger partial charge in [0.25, 0.3) is 5.91 Å². The highest BCUT2D eigenvalue weighted by Crippen LogP contribution is 2.25. The molecule has 0 atom stereocenters. The summed E-state index contributed by atoms with van der Waals surface area (Å²) < 4.78 is 19.4. The third-order valence-electron chi connectivity index (χ3n) is 5.12. The molecule has 29 heavy (non-hydrogen) atoms. The molecule has 0 aromatic heterocycles. The first-order valence-corrected chi connectivity index (χ1v) is 10.4. The van der Waals surface area contributed by atoms with E-state index < -0.39 is 5.97 Å². The summed E-state index contributed by atoms with van der Waals surface area (Å²) in [6.07, 6.45) is 2.51. The van der Waals surface area contributed by atoms with Crippen molar-refractivity contribution >= 4 is 27.8 Å². The van der Waals surface area contributed by atoms with Gasteiger partial charge in [0.1, 0.15) is 11.6 Å². The first kappa shape index (κ1) is 21.3. The van der Waals surface area contributed by atoms with Crippen molar-refractivity contribution in [1.82, 2.24) is 4.90 Å². The molecule has 0 saturated carbocycles. The summed E-state index contributed by atoms with van der Waals surface area (Å²) in [4.78, 5) is 25.3. The van der Waals surface area contributed by atoms with Crippen LogP contribution in [0, 0.1) is 11.7 Å². The molecule has 1 amide bonds. The Hall–Kier alpha value is -2.41. The van der Waals surface area contributed by atoms with Gasteiger partial charge in [-0.3, -0.25) is 9.59 Å². The van der Waals surface area contributed by atoms with Crippen molar-refractivity contribution in [1.29, 1.82) is 0 Å². The highest BCUT2D eigenvalue weighted by Gasteiger charge is 2.23. The molecule has 0 aliphatic carbocycles. The maximum atomic E-state index is 13.0. The van der Waals surface area contributed by atoms with Crippen molar-refractivity contribution in [3.8, 4) is 5.75 Å². The topological polar surface area (TPSA) is 66.8 Å². The number of carbonyl (C=O) groups excluding carboxylic acids is 1. The quantitative estimate of drug-likeness (QED) is 0.671. The van der Waals surface area contributed by atoms with Crippen LogP contribution in [0.5, 0.6) is 5.75 Å². The number of nitrogens with zero attached hydrogens (tertiary/aromatic N) is 1. The molecule has 2 aromatic carbocycles. The van der Waals surface area contributed by atoms with Gasteiger partial charge in [-0.2, -0.15) is 0 Å². The number of aliphatic carboxylic acids is 1. The lowest BCUT2D eigenvalue weighted by Crippen LogP contribution is -2.41. The summed E-state index contributed by atoms with van der Waals surface area (Å²) >= 11 is 3.32. The Kier molecular flexibility index (Phi) is 7.25. The molecular weight excluding hydrogens is 441 g/mol. The fourth-order valence-electron chi connectivity index (χ4n) is 3.56. The molecule has 1 aliphatic rings. The summed E-state index contributed by atoms with van der Waals surface area (Å²) in [5, 5.41) is 9.04. The Labute approximate surface area is 177 Å². The highest BCUT2D eigenvalue weighted by atomic mass is 79.9. The molecule has 0 radical (unpaired) electrons. The number of carbonyl (C=O) groups is 2. The Balaban J connectivity index is 1.49. The molecule has 1 saturated heterocycles. The number of amides is 1. The number of benzene rings is 2. The van der Waals surface area contributed by atoms with Crippen LogP contribution in [-0.2, 0) is 22.4 Å². The van der Waals surface area contributed by atoms with Gasteiger partial charge in [-0.15, -0.1) is 0 Å². The first-order chi connectivity index (χ1) is 13.9. The molecule has 0 bridgehead atoms. The van der Waals surface area contributed by atoms with Gasteiger partial charge >= 0.3 is 5.97 Å². The third kappa shape index (κ3) is 6.29. The predicted octanol–water partition coefficient (Wildman–Crippen LogP) is 4.08. The molecule has 5 nitrogen and oxygen atoms in total. The largest absolute Gasteiger partial charge is 0.483 e. The number of carboxylic acids is 1. The van der Waals surface area contributed by atoms with E-state index in [1.54, 1.807) is 23.1 Å². The molecule has 1 heterocycles. The molecule has 0 spiro atoms. The number of ether oxygens (including phenoxy) is 1. The van der Waals surface area contributed by atoms with E-state index in [9.17, 15) is 14.0 Å². The van der Waals surface area contributed by atoms with Gasteiger partial charge in [-0.1, -0.05) is 28.1 Å². The first-order valence-electron chi connectivity index (χ1n) is 9.56. The van der Waals surface area contributed by atoms with Gasteiger partial charge in [-0.05, 0) is 61.1 Å². The lowest BCUT2D eigenvalue weighted by Gasteiger charge is -2.32. The van der Waals surface area contributed by atoms with Crippen molar-refractivity contribution in [2.24, 2.45) is 5.92 Å². The average Bonchev–Trinajstić information content (AvgIpc) is 2.69. The van der Waals surface area contributed by atoms with E-state index in [0.717, 1.165) is 29.3 Å². The van der Waals surface area contributed by atoms with E-state index in [4.69, 9.17) is 9.84 Å². The highest BCUT2D eigenvalue weighted by molar-refractivity contribution is 9.10. The summed E-state index contributed by atoms with van der Waals surface area (Å²) in [5.74, 6) is -0.405. The molecule has 1 fully saturated rings. The van der Waals surface area contributed by atoms with Crippen LogP contribution >= 0.6 is 15.9 Å². The van der Waals surface area contributed by atoms with Gasteiger partial charge < -0.3 is 14.7 Å². The van der Waals surface area contributed by atoms with Crippen LogP contribution in [0.1, 0.15) is 24.0 Å². The van der Waals surface area contributed by atoms with Crippen LogP contribution in [0.4, 0.5) is 4.39 Å². The van der Waals surface area contributed by atoms with E-state index >= 15 is 0 Å². The number of halogens is 2. The normalized spacial score (nSPS) is 14.6. The Morgan fingerprint density at radius 1 is 1.14 bits per heavy atom. The van der Waals surface area contributed by atoms with E-state index in [0.29, 0.717) is 30.3 Å². The molecule has 0 unspecified atom stereocenters. The Bertz CT molecular complexity index is 864. The minimum absolute atomic E-state index is 0.102. The van der Waals surface area contributed by atoms with E-state index in [1.165, 1.54) is 12.1 Å². The van der Waals surface area contributed by atoms with Crippen molar-refractivity contribution in [2.45, 2.75) is 25.7 Å². The van der Waals surface area contributed by atoms with Crippen LogP contribution < -0.4 is 4.74 Å². The zero-order valence-electron chi connectivity index (χ0n) is 15.9. The van der Waals surface area contributed by atoms with Crippen molar-refractivity contribution in [2.75, 3.05) is 19.7 Å². The van der Waals surface area contributed by atoms with Gasteiger partial charge in [0.05, 0.1) is 6.42 Å². The van der Waals surface area contributed by atoms with E-state index in [-0.39, 0.29) is 24.8 Å². The predicted molar refractivity (Wildman–Crippen MR) is 110 cm³/mol. The van der Waals surface area contributed by atoms with Gasteiger partial charge in [-0.25, -0.2) is 4.39 Å². The van der Waals surface area contributed by atoms with Crippen molar-refractivity contribution in [3.63, 3.8) is 0 Å². The van der Waals surface area contributed by atoms with Crippen LogP contribution in [0.3, 0.4) is 0 Å². The number of likely N-dealkylation sites (tertiary alicyclic amines) is 1. The zero-order chi connectivity index (χ0) is 20.8. The second kappa shape index (κ2) is 9.87. The number of hydrogen-bond acceptors (Lipinski definition) is 3. The minimum Gasteiger partial charge on any atom is -0.483 e. The van der Waals surface area contributed by atoms with E-state index in [1.807, 2.05) is 12.1 Å². The third-order valence-corrected chi connectivity index (χ3v) is 5.61. The average molecular weight is 464 g/mol. The molecular formula is C22H23BrFNO4. The maximum Gasteiger partial charge on any atom is 0.307 e. The molecule has 1 aliphatic heterocycles. The SMILES string of the molecule is O=C(O)Cc1cc(Br)ccc1OCC(=O)N1CCC(Cc2ccc(F)cc2)CC1. The fourth-order valence-corrected chi connectivity index (χ4v) is 3.97. The number of rotatable bonds is 7. The van der Waals surface area contributed by atoms with Crippen LogP contribution in [-0.4, -0.2) is 41.6 Å². The van der Waals surface area contributed by atoms with Gasteiger partial charge in [0.15, 0.2) is 6.61 Å². The van der Waals surface area contributed by atoms with Crippen LogP contribution in [0.2, 0.25) is 0 Å². The summed E-state index contributed by atoms with van der Waals surface area (Å²) in [7, 11) is 0. The van der Waals surface area contributed by atoms with Crippen molar-refractivity contribution < 1.29 is 23.8 Å². The second-order valence-corrected chi connectivity index (χ2v) is 8.18. The molecule has 1 N–H and O–H groups in total. The summed E-state index contributed by atoms with van der Waals surface area (Å²) in [6, 6.07) is 11.7. The molecule has 3 rings (SSSR count). The second-order valence-electron chi connectivity index (χ2n) is 7.27. The molecule has 7 heteroatoms. The lowest BCUT2D eigenvalue weighted by molar-refractivity contribution is -0.136. The number of hydrogen-bond donors (Lipinski definition) is 1. The van der Waals surface area contributed by atoms with Crippen LogP contribution in [0.25, 0.3) is 0 Å². The Morgan fingerprint density at radius 3 is 2.48 bits per heavy atom. The summed E-state index contributed by atoms with van der Waals surface area (Å²) in [5.41, 5.74) is 1.64. The fraction of sp³-hybridized carbons (Fsp3) is 0.364. The van der Waals surface area contributed by atoms with Gasteiger partial charge in [0.2, 0.25) is 0 Å². The summed E-state index contributed by atoms with van der Waals surface area (Å²) in [6.45, 7) is 1.21. The van der Waals surface area contributed by atoms with Crippen molar-refractivity contribution in [3.05, 3.63) is 63.9 Å². The monoisotopic (exact) mass is 463 g/mol. The molecule has 2 aromatic rings. The van der Waals surface area contributed by atoms with Crippen LogP contribution in [0.15, 0.2) is 46.9 Å². The Morgan fingerprint density at radius 2 is 1.83 bits per heavy atom. The minimum atomic E-state index is -0.956. The number of carboxylic acid groups (broad SMARTS) is 1. The smallest absolute Gasteiger partial charge is 0.307 e. The van der Waals surface area contributed by atoms with Gasteiger partial charge in [0, 0.05) is 23.1 Å². The lowest BCUT2D eigenvalue weighted by atomic mass is 9.90. The maximum absolute atomic E-state index is 13.0.